The van der Waals surface area contributed by atoms with Crippen LogP contribution in [-0.2, 0) is 0 Å². The molecule has 2 aromatic heterocycles. The first-order chi connectivity index (χ1) is 8.56. The van der Waals surface area contributed by atoms with Gasteiger partial charge in [-0.25, -0.2) is 4.98 Å². The summed E-state index contributed by atoms with van der Waals surface area (Å²) < 4.78 is 0. The third-order valence-corrected chi connectivity index (χ3v) is 2.27. The Morgan fingerprint density at radius 1 is 1.50 bits per heavy atom. The van der Waals surface area contributed by atoms with E-state index in [2.05, 4.69) is 20.3 Å². The molecule has 0 aliphatic heterocycles. The van der Waals surface area contributed by atoms with Crippen molar-refractivity contribution in [3.05, 3.63) is 35.5 Å². The molecular formula is C11H11ClN6. The lowest BCUT2D eigenvalue weighted by molar-refractivity contribution is 1.20. The molecule has 92 valence electrons. The molecule has 0 aliphatic carbocycles. The molecule has 0 saturated carbocycles. The summed E-state index contributed by atoms with van der Waals surface area (Å²) in [6.07, 6.45) is 4.70. The smallest absolute Gasteiger partial charge is 0.224 e. The maximum absolute atomic E-state index is 7.72. The van der Waals surface area contributed by atoms with Crippen LogP contribution in [0.4, 0.5) is 5.82 Å². The number of hydrogen-bond donors (Lipinski definition) is 3. The van der Waals surface area contributed by atoms with E-state index in [9.17, 15) is 0 Å². The van der Waals surface area contributed by atoms with Gasteiger partial charge >= 0.3 is 0 Å². The first-order valence-corrected chi connectivity index (χ1v) is 5.50. The number of fused-ring (bicyclic) bond motifs is 1. The fourth-order valence-corrected chi connectivity index (χ4v) is 1.61. The minimum absolute atomic E-state index is 0.0965. The Morgan fingerprint density at radius 2 is 2.28 bits per heavy atom. The Bertz CT molecular complexity index is 632. The Balaban J connectivity index is 2.44. The molecule has 4 N–H and O–H groups in total. The molecule has 0 bridgehead atoms. The number of nitrogens with zero attached hydrogens (tertiary/aromatic N) is 3. The van der Waals surface area contributed by atoms with Gasteiger partial charge < -0.3 is 11.1 Å². The van der Waals surface area contributed by atoms with Gasteiger partial charge in [0, 0.05) is 17.3 Å². The zero-order valence-electron chi connectivity index (χ0n) is 9.61. The lowest BCUT2D eigenvalue weighted by Crippen LogP contribution is -2.11. The van der Waals surface area contributed by atoms with Gasteiger partial charge in [-0.1, -0.05) is 0 Å². The summed E-state index contributed by atoms with van der Waals surface area (Å²) in [5.74, 6) is 0.581. The van der Waals surface area contributed by atoms with Crippen molar-refractivity contribution in [2.45, 2.75) is 6.92 Å². The van der Waals surface area contributed by atoms with E-state index >= 15 is 0 Å². The summed E-state index contributed by atoms with van der Waals surface area (Å²) in [5, 5.41) is 11.4. The summed E-state index contributed by atoms with van der Waals surface area (Å²) in [6.45, 7) is 1.70. The van der Waals surface area contributed by atoms with E-state index < -0.39 is 0 Å². The van der Waals surface area contributed by atoms with Crippen molar-refractivity contribution in [3.63, 3.8) is 0 Å². The topological polar surface area (TPSA) is 101 Å². The van der Waals surface area contributed by atoms with E-state index in [1.165, 1.54) is 6.08 Å². The van der Waals surface area contributed by atoms with Crippen molar-refractivity contribution in [3.8, 4) is 0 Å². The van der Waals surface area contributed by atoms with Gasteiger partial charge in [0.25, 0.3) is 0 Å². The highest BCUT2D eigenvalue weighted by molar-refractivity contribution is 6.29. The molecule has 0 atom stereocenters. The Kier molecular flexibility index (Phi) is 3.38. The van der Waals surface area contributed by atoms with E-state index in [0.717, 1.165) is 5.39 Å². The van der Waals surface area contributed by atoms with E-state index in [0.29, 0.717) is 17.0 Å². The predicted octanol–water partition coefficient (Wildman–Crippen LogP) is 1.93. The van der Waals surface area contributed by atoms with Gasteiger partial charge in [0.05, 0.1) is 11.7 Å². The SMILES string of the molecule is C/C(N)=C/C(=N)Nc1nc(Cl)nc2cnccc12. The number of allylic oxidation sites excluding steroid dienone is 1. The first-order valence-electron chi connectivity index (χ1n) is 5.13. The van der Waals surface area contributed by atoms with Gasteiger partial charge in [0.1, 0.15) is 11.7 Å². The maximum Gasteiger partial charge on any atom is 0.224 e. The fraction of sp³-hybridized carbons (Fsp3) is 0.0909. The van der Waals surface area contributed by atoms with Crippen LogP contribution in [-0.4, -0.2) is 20.8 Å². The molecular weight excluding hydrogens is 252 g/mol. The fourth-order valence-electron chi connectivity index (χ4n) is 1.44. The number of pyridine rings is 1. The number of amidine groups is 1. The van der Waals surface area contributed by atoms with Crippen molar-refractivity contribution in [2.75, 3.05) is 5.32 Å². The first kappa shape index (κ1) is 12.3. The zero-order valence-corrected chi connectivity index (χ0v) is 10.4. The molecule has 0 fully saturated rings. The molecule has 6 nitrogen and oxygen atoms in total. The van der Waals surface area contributed by atoms with Crippen LogP contribution in [0.5, 0.6) is 0 Å². The van der Waals surface area contributed by atoms with Crippen molar-refractivity contribution in [2.24, 2.45) is 5.73 Å². The summed E-state index contributed by atoms with van der Waals surface area (Å²) in [6, 6.07) is 1.75. The van der Waals surface area contributed by atoms with Crippen LogP contribution in [0.15, 0.2) is 30.2 Å². The van der Waals surface area contributed by atoms with Crippen LogP contribution in [0.3, 0.4) is 0 Å². The Hall–Kier alpha value is -2.21. The van der Waals surface area contributed by atoms with Gasteiger partial charge in [-0.2, -0.15) is 4.98 Å². The molecule has 2 aromatic rings. The highest BCUT2D eigenvalue weighted by atomic mass is 35.5. The number of aromatic nitrogens is 3. The predicted molar refractivity (Wildman–Crippen MR) is 71.6 cm³/mol. The molecule has 2 rings (SSSR count). The average Bonchev–Trinajstić information content (AvgIpc) is 2.27. The van der Waals surface area contributed by atoms with E-state index in [1.54, 1.807) is 25.4 Å². The number of halogens is 1. The minimum Gasteiger partial charge on any atom is -0.402 e. The summed E-state index contributed by atoms with van der Waals surface area (Å²) in [5.41, 5.74) is 6.64. The zero-order chi connectivity index (χ0) is 13.1. The van der Waals surface area contributed by atoms with Crippen LogP contribution in [0.1, 0.15) is 6.92 Å². The molecule has 0 aromatic carbocycles. The number of hydrogen-bond acceptors (Lipinski definition) is 5. The van der Waals surface area contributed by atoms with Gasteiger partial charge in [0.15, 0.2) is 0 Å². The van der Waals surface area contributed by atoms with Crippen molar-refractivity contribution >= 4 is 34.2 Å². The van der Waals surface area contributed by atoms with Gasteiger partial charge in [0.2, 0.25) is 5.28 Å². The molecule has 7 heteroatoms. The van der Waals surface area contributed by atoms with Crippen molar-refractivity contribution < 1.29 is 0 Å². The number of nitrogens with two attached hydrogens (primary N) is 1. The summed E-state index contributed by atoms with van der Waals surface area (Å²) >= 11 is 5.81. The average molecular weight is 263 g/mol. The monoisotopic (exact) mass is 262 g/mol. The normalized spacial score (nSPS) is 11.6. The summed E-state index contributed by atoms with van der Waals surface area (Å²) in [4.78, 5) is 12.1. The number of nitrogens with one attached hydrogen (secondary N) is 2. The number of rotatable bonds is 2. The molecule has 18 heavy (non-hydrogen) atoms. The third kappa shape index (κ3) is 2.72. The lowest BCUT2D eigenvalue weighted by atomic mass is 10.3. The van der Waals surface area contributed by atoms with E-state index in [1.807, 2.05) is 0 Å². The molecule has 0 spiro atoms. The van der Waals surface area contributed by atoms with Gasteiger partial charge in [-0.15, -0.1) is 0 Å². The quantitative estimate of drug-likeness (QED) is 0.436. The van der Waals surface area contributed by atoms with Crippen LogP contribution in [0.25, 0.3) is 10.9 Å². The molecule has 0 saturated heterocycles. The van der Waals surface area contributed by atoms with Gasteiger partial charge in [-0.05, 0) is 30.7 Å². The van der Waals surface area contributed by atoms with Crippen molar-refractivity contribution in [1.82, 2.24) is 15.0 Å². The maximum atomic E-state index is 7.72. The molecule has 0 radical (unpaired) electrons. The molecule has 0 aliphatic rings. The standard InChI is InChI=1S/C11H11ClN6/c1-6(13)4-9(14)17-10-7-2-3-15-5-8(7)16-11(12)18-10/h2-5H,13H2,1H3,(H2,14,16,17,18)/b6-4-. The Labute approximate surface area is 108 Å². The van der Waals surface area contributed by atoms with Crippen LogP contribution in [0.2, 0.25) is 5.28 Å². The minimum atomic E-state index is 0.0965. The molecule has 2 heterocycles. The molecule has 0 amide bonds. The van der Waals surface area contributed by atoms with Crippen molar-refractivity contribution in [1.29, 1.82) is 5.41 Å². The third-order valence-electron chi connectivity index (χ3n) is 2.10. The number of anilines is 1. The highest BCUT2D eigenvalue weighted by Gasteiger charge is 2.07. The van der Waals surface area contributed by atoms with E-state index in [-0.39, 0.29) is 11.1 Å². The van der Waals surface area contributed by atoms with Crippen LogP contribution in [0, 0.1) is 5.41 Å². The second-order valence-corrected chi connectivity index (χ2v) is 4.00. The second-order valence-electron chi connectivity index (χ2n) is 3.66. The lowest BCUT2D eigenvalue weighted by Gasteiger charge is -2.07. The van der Waals surface area contributed by atoms with Gasteiger partial charge in [-0.3, -0.25) is 10.4 Å². The Morgan fingerprint density at radius 3 is 3.00 bits per heavy atom. The van der Waals surface area contributed by atoms with E-state index in [4.69, 9.17) is 22.7 Å². The summed E-state index contributed by atoms with van der Waals surface area (Å²) in [7, 11) is 0. The van der Waals surface area contributed by atoms with Crippen LogP contribution >= 0.6 is 11.6 Å². The highest BCUT2D eigenvalue weighted by Crippen LogP contribution is 2.20. The largest absolute Gasteiger partial charge is 0.402 e. The molecule has 0 unspecified atom stereocenters. The van der Waals surface area contributed by atoms with Crippen LogP contribution < -0.4 is 11.1 Å². The second kappa shape index (κ2) is 4.97.